The van der Waals surface area contributed by atoms with Gasteiger partial charge in [-0.05, 0) is 54.8 Å². The summed E-state index contributed by atoms with van der Waals surface area (Å²) in [4.78, 5) is 0. The predicted octanol–water partition coefficient (Wildman–Crippen LogP) is 3.54. The van der Waals surface area contributed by atoms with Crippen LogP contribution in [0.5, 0.6) is 0 Å². The lowest BCUT2D eigenvalue weighted by molar-refractivity contribution is -0.137. The van der Waals surface area contributed by atoms with Gasteiger partial charge in [-0.2, -0.15) is 0 Å². The number of ether oxygens (including phenoxy) is 1. The van der Waals surface area contributed by atoms with Crippen LogP contribution in [0.25, 0.3) is 0 Å². The molecule has 1 N–H and O–H groups in total. The number of piperidine rings is 1. The van der Waals surface area contributed by atoms with Gasteiger partial charge in [0.1, 0.15) is 5.82 Å². The van der Waals surface area contributed by atoms with Crippen LogP contribution in [0.3, 0.4) is 0 Å². The number of nitrogens with one attached hydrogen (secondary N) is 1. The molecule has 1 aromatic rings. The zero-order valence-electron chi connectivity index (χ0n) is 12.3. The Balaban J connectivity index is 1.84. The summed E-state index contributed by atoms with van der Waals surface area (Å²) in [5, 5.41) is 3.48. The standard InChI is InChI=1S/C17H24FNO/c1-11(2)15-9-13-10-19-8-7-16(13)20-17(15)12-3-5-14(18)6-4-12/h3-6,11,13,15-17,19H,7-10H2,1-2H3/t13-,15-,16+,17-/m1/s1. The molecule has 1 aromatic carbocycles. The first-order chi connectivity index (χ1) is 9.65. The average molecular weight is 277 g/mol. The van der Waals surface area contributed by atoms with Gasteiger partial charge in [0.2, 0.25) is 0 Å². The Kier molecular flexibility index (Phi) is 4.08. The molecular weight excluding hydrogens is 253 g/mol. The first kappa shape index (κ1) is 14.0. The quantitative estimate of drug-likeness (QED) is 0.893. The largest absolute Gasteiger partial charge is 0.370 e. The maximum Gasteiger partial charge on any atom is 0.123 e. The van der Waals surface area contributed by atoms with Crippen molar-refractivity contribution in [1.82, 2.24) is 5.32 Å². The molecule has 0 saturated carbocycles. The minimum atomic E-state index is -0.176. The second-order valence-corrected chi connectivity index (χ2v) is 6.54. The van der Waals surface area contributed by atoms with Crippen molar-refractivity contribution < 1.29 is 9.13 Å². The van der Waals surface area contributed by atoms with E-state index < -0.39 is 0 Å². The highest BCUT2D eigenvalue weighted by Crippen LogP contribution is 2.44. The zero-order valence-corrected chi connectivity index (χ0v) is 12.3. The Bertz CT molecular complexity index is 445. The smallest absolute Gasteiger partial charge is 0.123 e. The maximum atomic E-state index is 13.1. The molecule has 0 bridgehead atoms. The number of rotatable bonds is 2. The molecule has 2 aliphatic heterocycles. The number of hydrogen-bond donors (Lipinski definition) is 1. The average Bonchev–Trinajstić information content (AvgIpc) is 2.46. The van der Waals surface area contributed by atoms with Crippen molar-refractivity contribution in [3.05, 3.63) is 35.6 Å². The molecule has 2 saturated heterocycles. The van der Waals surface area contributed by atoms with E-state index in [1.165, 1.54) is 6.42 Å². The van der Waals surface area contributed by atoms with Gasteiger partial charge in [-0.25, -0.2) is 4.39 Å². The normalized spacial score (nSPS) is 34.0. The van der Waals surface area contributed by atoms with Gasteiger partial charge in [0, 0.05) is 6.54 Å². The lowest BCUT2D eigenvalue weighted by Gasteiger charge is -2.45. The number of hydrogen-bond acceptors (Lipinski definition) is 2. The monoisotopic (exact) mass is 277 g/mol. The Morgan fingerprint density at radius 1 is 1.25 bits per heavy atom. The molecule has 110 valence electrons. The third-order valence-corrected chi connectivity index (χ3v) is 4.88. The van der Waals surface area contributed by atoms with Crippen LogP contribution in [0, 0.1) is 23.6 Å². The molecule has 0 amide bonds. The molecule has 2 fully saturated rings. The molecule has 0 aliphatic carbocycles. The van der Waals surface area contributed by atoms with Crippen molar-refractivity contribution in [2.24, 2.45) is 17.8 Å². The second kappa shape index (κ2) is 5.82. The van der Waals surface area contributed by atoms with Gasteiger partial charge in [-0.1, -0.05) is 26.0 Å². The van der Waals surface area contributed by atoms with E-state index in [0.717, 1.165) is 25.1 Å². The minimum absolute atomic E-state index is 0.120. The molecule has 3 rings (SSSR count). The summed E-state index contributed by atoms with van der Waals surface area (Å²) in [5.74, 6) is 1.55. The van der Waals surface area contributed by atoms with E-state index in [0.29, 0.717) is 23.9 Å². The lowest BCUT2D eigenvalue weighted by Crippen LogP contribution is -2.47. The van der Waals surface area contributed by atoms with E-state index in [2.05, 4.69) is 19.2 Å². The molecule has 0 radical (unpaired) electrons. The summed E-state index contributed by atoms with van der Waals surface area (Å²) in [6.07, 6.45) is 2.78. The highest BCUT2D eigenvalue weighted by atomic mass is 19.1. The van der Waals surface area contributed by atoms with E-state index in [-0.39, 0.29) is 11.9 Å². The third-order valence-electron chi connectivity index (χ3n) is 4.88. The van der Waals surface area contributed by atoms with Crippen LogP contribution in [0.15, 0.2) is 24.3 Å². The third kappa shape index (κ3) is 2.75. The summed E-state index contributed by atoms with van der Waals surface area (Å²) in [5.41, 5.74) is 1.13. The number of halogens is 1. The van der Waals surface area contributed by atoms with E-state index in [1.807, 2.05) is 12.1 Å². The van der Waals surface area contributed by atoms with Crippen molar-refractivity contribution in [2.75, 3.05) is 13.1 Å². The van der Waals surface area contributed by atoms with E-state index in [4.69, 9.17) is 4.74 Å². The summed E-state index contributed by atoms with van der Waals surface area (Å²) in [6, 6.07) is 6.86. The SMILES string of the molecule is CC(C)[C@H]1C[C@@H]2CNCC[C@@H]2O[C@@H]1c1ccc(F)cc1. The van der Waals surface area contributed by atoms with E-state index >= 15 is 0 Å². The number of fused-ring (bicyclic) bond motifs is 1. The fraction of sp³-hybridized carbons (Fsp3) is 0.647. The van der Waals surface area contributed by atoms with Crippen LogP contribution in [0.4, 0.5) is 4.39 Å². The fourth-order valence-corrected chi connectivity index (χ4v) is 3.68. The molecule has 2 nitrogen and oxygen atoms in total. The van der Waals surface area contributed by atoms with Gasteiger partial charge in [0.05, 0.1) is 12.2 Å². The molecule has 2 aliphatic rings. The highest BCUT2D eigenvalue weighted by Gasteiger charge is 2.40. The topological polar surface area (TPSA) is 21.3 Å². The maximum absolute atomic E-state index is 13.1. The van der Waals surface area contributed by atoms with E-state index in [1.54, 1.807) is 12.1 Å². The fourth-order valence-electron chi connectivity index (χ4n) is 3.68. The Morgan fingerprint density at radius 3 is 2.70 bits per heavy atom. The number of benzene rings is 1. The molecule has 20 heavy (non-hydrogen) atoms. The summed E-state index contributed by atoms with van der Waals surface area (Å²) in [6.45, 7) is 6.65. The van der Waals surface area contributed by atoms with Crippen LogP contribution in [0.1, 0.15) is 38.4 Å². The predicted molar refractivity (Wildman–Crippen MR) is 77.9 cm³/mol. The highest BCUT2D eigenvalue weighted by molar-refractivity contribution is 5.20. The molecule has 0 unspecified atom stereocenters. The lowest BCUT2D eigenvalue weighted by atomic mass is 9.74. The molecule has 2 heterocycles. The molecule has 3 heteroatoms. The first-order valence-electron chi connectivity index (χ1n) is 7.77. The van der Waals surface area contributed by atoms with Gasteiger partial charge in [-0.15, -0.1) is 0 Å². The minimum Gasteiger partial charge on any atom is -0.370 e. The molecule has 4 atom stereocenters. The van der Waals surface area contributed by atoms with E-state index in [9.17, 15) is 4.39 Å². The summed E-state index contributed by atoms with van der Waals surface area (Å²) < 4.78 is 19.6. The second-order valence-electron chi connectivity index (χ2n) is 6.54. The van der Waals surface area contributed by atoms with Gasteiger partial charge in [0.25, 0.3) is 0 Å². The van der Waals surface area contributed by atoms with Crippen molar-refractivity contribution >= 4 is 0 Å². The molecule has 0 spiro atoms. The van der Waals surface area contributed by atoms with Crippen molar-refractivity contribution in [2.45, 2.75) is 38.9 Å². The zero-order chi connectivity index (χ0) is 14.1. The van der Waals surface area contributed by atoms with Crippen LogP contribution in [0.2, 0.25) is 0 Å². The summed E-state index contributed by atoms with van der Waals surface area (Å²) >= 11 is 0. The van der Waals surface area contributed by atoms with Gasteiger partial charge < -0.3 is 10.1 Å². The van der Waals surface area contributed by atoms with Gasteiger partial charge in [0.15, 0.2) is 0 Å². The molecule has 0 aromatic heterocycles. The first-order valence-corrected chi connectivity index (χ1v) is 7.77. The van der Waals surface area contributed by atoms with Crippen molar-refractivity contribution in [3.8, 4) is 0 Å². The van der Waals surface area contributed by atoms with Crippen molar-refractivity contribution in [3.63, 3.8) is 0 Å². The Hall–Kier alpha value is -0.930. The van der Waals surface area contributed by atoms with Gasteiger partial charge in [-0.3, -0.25) is 0 Å². The summed E-state index contributed by atoms with van der Waals surface area (Å²) in [7, 11) is 0. The Labute approximate surface area is 120 Å². The molecular formula is C17H24FNO. The van der Waals surface area contributed by atoms with Crippen LogP contribution in [-0.2, 0) is 4.74 Å². The van der Waals surface area contributed by atoms with Crippen LogP contribution < -0.4 is 5.32 Å². The van der Waals surface area contributed by atoms with Crippen LogP contribution >= 0.6 is 0 Å². The van der Waals surface area contributed by atoms with Crippen molar-refractivity contribution in [1.29, 1.82) is 0 Å². The van der Waals surface area contributed by atoms with Gasteiger partial charge >= 0.3 is 0 Å². The Morgan fingerprint density at radius 2 is 2.00 bits per heavy atom. The van der Waals surface area contributed by atoms with Crippen LogP contribution in [-0.4, -0.2) is 19.2 Å².